The quantitative estimate of drug-likeness (QED) is 0.816. The Morgan fingerprint density at radius 3 is 2.81 bits per heavy atom. The molecule has 2 rings (SSSR count). The van der Waals surface area contributed by atoms with Gasteiger partial charge >= 0.3 is 0 Å². The van der Waals surface area contributed by atoms with Crippen LogP contribution in [0.2, 0.25) is 0 Å². The van der Waals surface area contributed by atoms with E-state index in [2.05, 4.69) is 6.07 Å². The molecule has 0 saturated heterocycles. The number of aryl methyl sites for hydroxylation is 1. The van der Waals surface area contributed by atoms with E-state index in [0.29, 0.717) is 12.1 Å². The minimum absolute atomic E-state index is 0.182. The maximum Gasteiger partial charge on any atom is 0.126 e. The summed E-state index contributed by atoms with van der Waals surface area (Å²) < 4.78 is 13.2. The normalized spacial score (nSPS) is 10.4. The van der Waals surface area contributed by atoms with Gasteiger partial charge in [0, 0.05) is 6.54 Å². The van der Waals surface area contributed by atoms with Crippen molar-refractivity contribution in [1.29, 1.82) is 0 Å². The first-order chi connectivity index (χ1) is 7.72. The van der Waals surface area contributed by atoms with Gasteiger partial charge in [0.1, 0.15) is 5.82 Å². The highest BCUT2D eigenvalue weighted by Gasteiger charge is 2.05. The Labute approximate surface area is 94.7 Å². The van der Waals surface area contributed by atoms with Crippen molar-refractivity contribution in [3.63, 3.8) is 0 Å². The van der Waals surface area contributed by atoms with E-state index in [4.69, 9.17) is 5.73 Å². The van der Waals surface area contributed by atoms with Gasteiger partial charge in [-0.05, 0) is 53.4 Å². The zero-order chi connectivity index (χ0) is 11.5. The second-order valence-electron chi connectivity index (χ2n) is 3.75. The largest absolute Gasteiger partial charge is 0.326 e. The van der Waals surface area contributed by atoms with E-state index < -0.39 is 0 Å². The molecule has 0 fully saturated rings. The van der Waals surface area contributed by atoms with Gasteiger partial charge in [0.15, 0.2) is 0 Å². The lowest BCUT2D eigenvalue weighted by Gasteiger charge is -2.08. The minimum atomic E-state index is -0.182. The van der Waals surface area contributed by atoms with Crippen molar-refractivity contribution in [2.45, 2.75) is 13.5 Å². The third-order valence-corrected chi connectivity index (χ3v) is 2.64. The summed E-state index contributed by atoms with van der Waals surface area (Å²) in [7, 11) is 0. The van der Waals surface area contributed by atoms with Crippen LogP contribution in [0.5, 0.6) is 0 Å². The number of nitrogens with two attached hydrogens (primary N) is 1. The summed E-state index contributed by atoms with van der Waals surface area (Å²) in [4.78, 5) is 0. The molecule has 0 amide bonds. The fourth-order valence-electron chi connectivity index (χ4n) is 1.72. The van der Waals surface area contributed by atoms with Crippen LogP contribution in [0.4, 0.5) is 4.39 Å². The van der Waals surface area contributed by atoms with E-state index in [0.717, 1.165) is 16.7 Å². The Bertz CT molecular complexity index is 506. The molecule has 81 valence electrons. The lowest BCUT2D eigenvalue weighted by Crippen LogP contribution is -1.98. The zero-order valence-corrected chi connectivity index (χ0v) is 9.13. The summed E-state index contributed by atoms with van der Waals surface area (Å²) in [6.07, 6.45) is 0. The van der Waals surface area contributed by atoms with Crippen molar-refractivity contribution in [1.82, 2.24) is 0 Å². The third kappa shape index (κ3) is 1.97. The fourth-order valence-corrected chi connectivity index (χ4v) is 1.72. The van der Waals surface area contributed by atoms with Crippen LogP contribution in [0.25, 0.3) is 11.1 Å². The average molecular weight is 214 g/mol. The van der Waals surface area contributed by atoms with Crippen molar-refractivity contribution in [3.8, 4) is 11.1 Å². The van der Waals surface area contributed by atoms with E-state index >= 15 is 0 Å². The Hall–Kier alpha value is -1.67. The molecule has 1 nitrogen and oxygen atoms in total. The number of hydrogen-bond acceptors (Lipinski definition) is 1. The molecule has 0 bridgehead atoms. The van der Waals surface area contributed by atoms with Crippen LogP contribution in [0.3, 0.4) is 0 Å². The maximum absolute atomic E-state index is 13.2. The second-order valence-corrected chi connectivity index (χ2v) is 3.75. The molecule has 1 radical (unpaired) electrons. The summed E-state index contributed by atoms with van der Waals surface area (Å²) in [5.74, 6) is -0.182. The van der Waals surface area contributed by atoms with Crippen molar-refractivity contribution in [3.05, 3.63) is 59.4 Å². The average Bonchev–Trinajstić information content (AvgIpc) is 2.32. The summed E-state index contributed by atoms with van der Waals surface area (Å²) in [6.45, 7) is 2.23. The highest BCUT2D eigenvalue weighted by Crippen LogP contribution is 2.24. The molecule has 0 spiro atoms. The lowest BCUT2D eigenvalue weighted by atomic mass is 9.98. The molecule has 0 saturated carbocycles. The van der Waals surface area contributed by atoms with Gasteiger partial charge in [0.05, 0.1) is 0 Å². The molecule has 2 heteroatoms. The molecule has 0 unspecified atom stereocenters. The van der Waals surface area contributed by atoms with E-state index in [1.807, 2.05) is 24.3 Å². The number of halogens is 1. The van der Waals surface area contributed by atoms with Crippen LogP contribution in [0, 0.1) is 18.8 Å². The molecule has 16 heavy (non-hydrogen) atoms. The highest BCUT2D eigenvalue weighted by atomic mass is 19.1. The molecular weight excluding hydrogens is 201 g/mol. The van der Waals surface area contributed by atoms with E-state index in [9.17, 15) is 4.39 Å². The molecule has 0 aliphatic rings. The fraction of sp³-hybridized carbons (Fsp3) is 0.143. The van der Waals surface area contributed by atoms with Gasteiger partial charge in [0.25, 0.3) is 0 Å². The molecule has 0 aliphatic heterocycles. The predicted molar refractivity (Wildman–Crippen MR) is 63.3 cm³/mol. The van der Waals surface area contributed by atoms with Gasteiger partial charge in [-0.25, -0.2) is 4.39 Å². The van der Waals surface area contributed by atoms with Gasteiger partial charge in [-0.3, -0.25) is 0 Å². The molecule has 0 atom stereocenters. The third-order valence-electron chi connectivity index (χ3n) is 2.64. The van der Waals surface area contributed by atoms with Crippen LogP contribution in [-0.4, -0.2) is 0 Å². The summed E-state index contributed by atoms with van der Waals surface area (Å²) >= 11 is 0. The van der Waals surface area contributed by atoms with Crippen LogP contribution < -0.4 is 5.73 Å². The summed E-state index contributed by atoms with van der Waals surface area (Å²) in [5.41, 5.74) is 9.36. The topological polar surface area (TPSA) is 26.0 Å². The van der Waals surface area contributed by atoms with E-state index in [1.54, 1.807) is 13.0 Å². The van der Waals surface area contributed by atoms with Gasteiger partial charge < -0.3 is 5.73 Å². The molecular formula is C14H13FN. The molecule has 0 aromatic heterocycles. The standard InChI is InChI=1S/C14H13FN/c1-10-8-11(6-7-14(10)15)13-5-3-2-4-12(13)9-16/h2,4-8H,9,16H2,1H3. The van der Waals surface area contributed by atoms with Crippen LogP contribution in [0.15, 0.2) is 36.4 Å². The van der Waals surface area contributed by atoms with Crippen LogP contribution in [0.1, 0.15) is 11.1 Å². The summed E-state index contributed by atoms with van der Waals surface area (Å²) in [6, 6.07) is 13.8. The van der Waals surface area contributed by atoms with Crippen molar-refractivity contribution in [2.75, 3.05) is 0 Å². The predicted octanol–water partition coefficient (Wildman–Crippen LogP) is 3.06. The Morgan fingerprint density at radius 1 is 1.31 bits per heavy atom. The Balaban J connectivity index is 2.54. The van der Waals surface area contributed by atoms with Gasteiger partial charge in [-0.15, -0.1) is 0 Å². The Kier molecular flexibility index (Phi) is 3.02. The number of benzene rings is 2. The van der Waals surface area contributed by atoms with E-state index in [1.165, 1.54) is 6.07 Å². The first-order valence-electron chi connectivity index (χ1n) is 5.18. The monoisotopic (exact) mass is 214 g/mol. The van der Waals surface area contributed by atoms with Crippen molar-refractivity contribution < 1.29 is 4.39 Å². The van der Waals surface area contributed by atoms with Gasteiger partial charge in [0.2, 0.25) is 0 Å². The first kappa shape index (κ1) is 10.8. The highest BCUT2D eigenvalue weighted by molar-refractivity contribution is 5.67. The number of rotatable bonds is 2. The maximum atomic E-state index is 13.2. The Morgan fingerprint density at radius 2 is 2.12 bits per heavy atom. The van der Waals surface area contributed by atoms with Crippen molar-refractivity contribution >= 4 is 0 Å². The minimum Gasteiger partial charge on any atom is -0.326 e. The van der Waals surface area contributed by atoms with Crippen LogP contribution in [-0.2, 0) is 6.54 Å². The molecule has 2 N–H and O–H groups in total. The van der Waals surface area contributed by atoms with Gasteiger partial charge in [-0.1, -0.05) is 18.2 Å². The molecule has 2 aromatic carbocycles. The zero-order valence-electron chi connectivity index (χ0n) is 9.13. The van der Waals surface area contributed by atoms with E-state index in [-0.39, 0.29) is 5.82 Å². The second kappa shape index (κ2) is 4.45. The van der Waals surface area contributed by atoms with Crippen LogP contribution >= 0.6 is 0 Å². The molecule has 0 heterocycles. The number of hydrogen-bond donors (Lipinski definition) is 1. The molecule has 0 aliphatic carbocycles. The lowest BCUT2D eigenvalue weighted by molar-refractivity contribution is 0.619. The first-order valence-corrected chi connectivity index (χ1v) is 5.18. The summed E-state index contributed by atoms with van der Waals surface area (Å²) in [5, 5.41) is 0. The molecule has 2 aromatic rings. The van der Waals surface area contributed by atoms with Gasteiger partial charge in [-0.2, -0.15) is 0 Å². The SMILES string of the molecule is Cc1cc(-c2c[c]ccc2CN)ccc1F. The van der Waals surface area contributed by atoms with Crippen molar-refractivity contribution in [2.24, 2.45) is 5.73 Å². The smallest absolute Gasteiger partial charge is 0.126 e.